The van der Waals surface area contributed by atoms with E-state index in [1.54, 1.807) is 0 Å². The van der Waals surface area contributed by atoms with Crippen LogP contribution in [0.1, 0.15) is 45.4 Å². The summed E-state index contributed by atoms with van der Waals surface area (Å²) in [6, 6.07) is 1.53. The van der Waals surface area contributed by atoms with Gasteiger partial charge in [-0.2, -0.15) is 11.8 Å². The summed E-state index contributed by atoms with van der Waals surface area (Å²) in [6.45, 7) is 6.97. The molecule has 3 rings (SSSR count). The zero-order valence-corrected chi connectivity index (χ0v) is 13.7. The number of nitrogens with one attached hydrogen (secondary N) is 1. The molecule has 0 bridgehead atoms. The Morgan fingerprint density at radius 3 is 2.80 bits per heavy atom. The van der Waals surface area contributed by atoms with Crippen molar-refractivity contribution in [1.82, 2.24) is 10.2 Å². The van der Waals surface area contributed by atoms with Gasteiger partial charge in [0.15, 0.2) is 0 Å². The highest BCUT2D eigenvalue weighted by Gasteiger charge is 2.41. The van der Waals surface area contributed by atoms with Crippen LogP contribution in [0.15, 0.2) is 0 Å². The van der Waals surface area contributed by atoms with Crippen molar-refractivity contribution in [3.05, 3.63) is 0 Å². The van der Waals surface area contributed by atoms with Crippen LogP contribution >= 0.6 is 11.8 Å². The first kappa shape index (κ1) is 15.1. The molecular weight excluding hydrogens is 268 g/mol. The van der Waals surface area contributed by atoms with Crippen molar-refractivity contribution >= 4 is 11.8 Å². The molecule has 0 radical (unpaired) electrons. The molecule has 116 valence electrons. The van der Waals surface area contributed by atoms with Gasteiger partial charge in [0.05, 0.1) is 5.60 Å². The summed E-state index contributed by atoms with van der Waals surface area (Å²) in [5, 5.41) is 3.55. The van der Waals surface area contributed by atoms with Gasteiger partial charge in [0.1, 0.15) is 0 Å². The number of hydrogen-bond donors (Lipinski definition) is 1. The summed E-state index contributed by atoms with van der Waals surface area (Å²) >= 11 is 2.10. The van der Waals surface area contributed by atoms with Crippen molar-refractivity contribution in [2.45, 2.75) is 63.1 Å². The third kappa shape index (κ3) is 3.34. The van der Waals surface area contributed by atoms with E-state index in [0.717, 1.165) is 18.7 Å². The Balaban J connectivity index is 1.66. The first-order valence-corrected chi connectivity index (χ1v) is 9.67. The van der Waals surface area contributed by atoms with Gasteiger partial charge in [-0.15, -0.1) is 0 Å². The normalized spacial score (nSPS) is 33.9. The number of thioether (sulfide) groups is 1. The van der Waals surface area contributed by atoms with Crippen LogP contribution in [0.2, 0.25) is 0 Å². The van der Waals surface area contributed by atoms with Crippen LogP contribution in [0.4, 0.5) is 0 Å². The van der Waals surface area contributed by atoms with Gasteiger partial charge in [-0.3, -0.25) is 4.90 Å². The second-order valence-corrected chi connectivity index (χ2v) is 7.90. The number of hydrogen-bond acceptors (Lipinski definition) is 4. The largest absolute Gasteiger partial charge is 0.375 e. The lowest BCUT2D eigenvalue weighted by Crippen LogP contribution is -2.53. The van der Waals surface area contributed by atoms with Crippen LogP contribution in [0.25, 0.3) is 0 Å². The molecule has 2 atom stereocenters. The molecule has 1 N–H and O–H groups in total. The van der Waals surface area contributed by atoms with Gasteiger partial charge >= 0.3 is 0 Å². The minimum Gasteiger partial charge on any atom is -0.375 e. The van der Waals surface area contributed by atoms with Crippen molar-refractivity contribution in [3.8, 4) is 0 Å². The van der Waals surface area contributed by atoms with Crippen LogP contribution in [0, 0.1) is 0 Å². The van der Waals surface area contributed by atoms with Crippen LogP contribution in [0.5, 0.6) is 0 Å². The lowest BCUT2D eigenvalue weighted by molar-refractivity contribution is -0.114. The smallest absolute Gasteiger partial charge is 0.0713 e. The molecule has 0 aliphatic carbocycles. The van der Waals surface area contributed by atoms with Crippen molar-refractivity contribution < 1.29 is 4.74 Å². The summed E-state index contributed by atoms with van der Waals surface area (Å²) in [6.07, 6.45) is 7.68. The molecule has 0 aromatic carbocycles. The van der Waals surface area contributed by atoms with E-state index < -0.39 is 0 Å². The van der Waals surface area contributed by atoms with E-state index in [0.29, 0.717) is 0 Å². The van der Waals surface area contributed by atoms with Crippen molar-refractivity contribution in [3.63, 3.8) is 0 Å². The monoisotopic (exact) mass is 298 g/mol. The quantitative estimate of drug-likeness (QED) is 0.862. The van der Waals surface area contributed by atoms with Crippen molar-refractivity contribution in [1.29, 1.82) is 0 Å². The minimum atomic E-state index is 0.228. The fourth-order valence-corrected chi connectivity index (χ4v) is 5.46. The SMILES string of the molecule is CCCN(C1CCNC1)C1CCOC2(CCSCC2)C1. The van der Waals surface area contributed by atoms with E-state index >= 15 is 0 Å². The summed E-state index contributed by atoms with van der Waals surface area (Å²) in [4.78, 5) is 2.83. The molecular formula is C16H30N2OS. The zero-order chi connectivity index (χ0) is 13.8. The Morgan fingerprint density at radius 1 is 1.25 bits per heavy atom. The Bertz CT molecular complexity index is 295. The van der Waals surface area contributed by atoms with E-state index in [9.17, 15) is 0 Å². The fraction of sp³-hybridized carbons (Fsp3) is 1.00. The molecule has 0 amide bonds. The molecule has 3 fully saturated rings. The number of ether oxygens (including phenoxy) is 1. The molecule has 20 heavy (non-hydrogen) atoms. The van der Waals surface area contributed by atoms with Crippen LogP contribution in [-0.4, -0.2) is 60.3 Å². The predicted octanol–water partition coefficient (Wildman–Crippen LogP) is 2.51. The van der Waals surface area contributed by atoms with Gasteiger partial charge in [-0.1, -0.05) is 6.92 Å². The maximum atomic E-state index is 6.27. The van der Waals surface area contributed by atoms with Gasteiger partial charge in [0.2, 0.25) is 0 Å². The number of nitrogens with zero attached hydrogens (tertiary/aromatic N) is 1. The minimum absolute atomic E-state index is 0.228. The molecule has 0 aromatic heterocycles. The molecule has 0 aromatic rings. The molecule has 4 heteroatoms. The Labute approximate surface area is 128 Å². The third-order valence-electron chi connectivity index (χ3n) is 5.33. The second-order valence-electron chi connectivity index (χ2n) is 6.67. The first-order valence-electron chi connectivity index (χ1n) is 8.51. The Kier molecular flexibility index (Phi) is 5.29. The fourth-order valence-electron chi connectivity index (χ4n) is 4.22. The van der Waals surface area contributed by atoms with E-state index in [4.69, 9.17) is 4.74 Å². The molecule has 3 nitrogen and oxygen atoms in total. The standard InChI is InChI=1S/C16H30N2OS/c1-2-8-18(15-3-7-17-13-15)14-4-9-19-16(12-14)5-10-20-11-6-16/h14-15,17H,2-13H2,1H3. The highest BCUT2D eigenvalue weighted by molar-refractivity contribution is 7.99. The first-order chi connectivity index (χ1) is 9.83. The molecule has 0 saturated carbocycles. The summed E-state index contributed by atoms with van der Waals surface area (Å²) in [7, 11) is 0. The zero-order valence-electron chi connectivity index (χ0n) is 12.9. The van der Waals surface area contributed by atoms with Crippen molar-refractivity contribution in [2.24, 2.45) is 0 Å². The lowest BCUT2D eigenvalue weighted by Gasteiger charge is -2.47. The third-order valence-corrected chi connectivity index (χ3v) is 6.31. The number of rotatable bonds is 4. The van der Waals surface area contributed by atoms with Gasteiger partial charge in [-0.25, -0.2) is 0 Å². The molecule has 3 heterocycles. The molecule has 3 aliphatic heterocycles. The maximum absolute atomic E-state index is 6.27. The molecule has 1 spiro atoms. The molecule has 3 aliphatic rings. The summed E-state index contributed by atoms with van der Waals surface area (Å²) in [5.74, 6) is 2.59. The van der Waals surface area contributed by atoms with E-state index in [-0.39, 0.29) is 5.60 Å². The summed E-state index contributed by atoms with van der Waals surface area (Å²) in [5.41, 5.74) is 0.228. The van der Waals surface area contributed by atoms with Crippen LogP contribution in [-0.2, 0) is 4.74 Å². The maximum Gasteiger partial charge on any atom is 0.0713 e. The Morgan fingerprint density at radius 2 is 2.10 bits per heavy atom. The lowest BCUT2D eigenvalue weighted by atomic mass is 9.84. The van der Waals surface area contributed by atoms with Crippen molar-refractivity contribution in [2.75, 3.05) is 37.7 Å². The van der Waals surface area contributed by atoms with Crippen LogP contribution < -0.4 is 5.32 Å². The average Bonchev–Trinajstić information content (AvgIpc) is 2.99. The second kappa shape index (κ2) is 6.99. The van der Waals surface area contributed by atoms with Gasteiger partial charge in [-0.05, 0) is 63.1 Å². The average molecular weight is 298 g/mol. The van der Waals surface area contributed by atoms with E-state index in [2.05, 4.69) is 28.9 Å². The molecule has 3 saturated heterocycles. The van der Waals surface area contributed by atoms with Gasteiger partial charge in [0.25, 0.3) is 0 Å². The predicted molar refractivity (Wildman–Crippen MR) is 86.5 cm³/mol. The highest BCUT2D eigenvalue weighted by Crippen LogP contribution is 2.39. The Hall–Kier alpha value is 0.230. The van der Waals surface area contributed by atoms with E-state index in [1.807, 2.05) is 0 Å². The summed E-state index contributed by atoms with van der Waals surface area (Å²) < 4.78 is 6.27. The van der Waals surface area contributed by atoms with Crippen LogP contribution in [0.3, 0.4) is 0 Å². The molecule has 2 unspecified atom stereocenters. The van der Waals surface area contributed by atoms with Gasteiger partial charge < -0.3 is 10.1 Å². The topological polar surface area (TPSA) is 24.5 Å². The van der Waals surface area contributed by atoms with E-state index in [1.165, 1.54) is 69.7 Å². The highest BCUT2D eigenvalue weighted by atomic mass is 32.2. The van der Waals surface area contributed by atoms with Gasteiger partial charge in [0, 0.05) is 25.2 Å².